The van der Waals surface area contributed by atoms with Crippen LogP contribution >= 0.6 is 27.7 Å². The lowest BCUT2D eigenvalue weighted by molar-refractivity contribution is -0.133. The molecular weight excluding hydrogens is 286 g/mol. The number of rotatable bonds is 4. The van der Waals surface area contributed by atoms with Crippen molar-refractivity contribution in [2.75, 3.05) is 5.75 Å². The summed E-state index contributed by atoms with van der Waals surface area (Å²) in [4.78, 5) is 24.8. The number of aromatic carboxylic acids is 1. The summed E-state index contributed by atoms with van der Waals surface area (Å²) >= 11 is 4.03. The molecule has 0 bridgehead atoms. The maximum Gasteiger partial charge on any atom is 0.338 e. The molecule has 0 saturated carbocycles. The van der Waals surface area contributed by atoms with E-state index in [4.69, 9.17) is 10.2 Å². The predicted molar refractivity (Wildman–Crippen MR) is 57.3 cm³/mol. The van der Waals surface area contributed by atoms with Gasteiger partial charge in [-0.3, -0.25) is 4.79 Å². The molecular formula is C8H6BrNO4S. The smallest absolute Gasteiger partial charge is 0.338 e. The summed E-state index contributed by atoms with van der Waals surface area (Å²) in [6.45, 7) is 0. The molecule has 0 saturated heterocycles. The highest BCUT2D eigenvalue weighted by Gasteiger charge is 2.10. The third-order valence-corrected chi connectivity index (χ3v) is 2.92. The van der Waals surface area contributed by atoms with Crippen LogP contribution in [0.5, 0.6) is 0 Å². The second kappa shape index (κ2) is 5.13. The Morgan fingerprint density at radius 2 is 2.07 bits per heavy atom. The van der Waals surface area contributed by atoms with Crippen LogP contribution in [0.1, 0.15) is 10.4 Å². The summed E-state index contributed by atoms with van der Waals surface area (Å²) in [7, 11) is 0. The van der Waals surface area contributed by atoms with Gasteiger partial charge in [0.25, 0.3) is 0 Å². The molecule has 2 N–H and O–H groups in total. The average Bonchev–Trinajstić information content (AvgIpc) is 2.14. The third-order valence-electron chi connectivity index (χ3n) is 1.40. The van der Waals surface area contributed by atoms with Crippen molar-refractivity contribution in [3.8, 4) is 0 Å². The first-order valence-corrected chi connectivity index (χ1v) is 5.53. The van der Waals surface area contributed by atoms with E-state index in [1.807, 2.05) is 0 Å². The number of pyridine rings is 1. The van der Waals surface area contributed by atoms with E-state index >= 15 is 0 Å². The molecule has 0 fully saturated rings. The number of thioether (sulfide) groups is 1. The first-order valence-electron chi connectivity index (χ1n) is 3.75. The Morgan fingerprint density at radius 3 is 2.53 bits per heavy atom. The minimum atomic E-state index is -1.08. The molecule has 0 unspecified atom stereocenters. The minimum Gasteiger partial charge on any atom is -0.481 e. The molecule has 1 rings (SSSR count). The molecule has 15 heavy (non-hydrogen) atoms. The Morgan fingerprint density at radius 1 is 1.40 bits per heavy atom. The fraction of sp³-hybridized carbons (Fsp3) is 0.125. The zero-order valence-corrected chi connectivity index (χ0v) is 9.71. The summed E-state index contributed by atoms with van der Waals surface area (Å²) in [5.41, 5.74) is 0.0506. The number of carboxylic acid groups (broad SMARTS) is 2. The van der Waals surface area contributed by atoms with Crippen LogP contribution in [0.4, 0.5) is 0 Å². The van der Waals surface area contributed by atoms with Crippen LogP contribution in [0.2, 0.25) is 0 Å². The second-order valence-corrected chi connectivity index (χ2v) is 4.22. The van der Waals surface area contributed by atoms with Gasteiger partial charge in [-0.25, -0.2) is 9.78 Å². The largest absolute Gasteiger partial charge is 0.481 e. The number of aliphatic carboxylic acids is 1. The van der Waals surface area contributed by atoms with E-state index in [0.29, 0.717) is 5.03 Å². The average molecular weight is 292 g/mol. The zero-order valence-electron chi connectivity index (χ0n) is 7.31. The molecule has 1 heterocycles. The standard InChI is InChI=1S/C8H6BrNO4S/c9-7-4(8(13)14)1-2-5(10-7)15-3-6(11)12/h1-2H,3H2,(H,11,12)(H,13,14). The lowest BCUT2D eigenvalue weighted by atomic mass is 10.3. The highest BCUT2D eigenvalue weighted by Crippen LogP contribution is 2.21. The number of halogens is 1. The second-order valence-electron chi connectivity index (χ2n) is 2.48. The Balaban J connectivity index is 2.82. The molecule has 1 aromatic rings. The van der Waals surface area contributed by atoms with Crippen molar-refractivity contribution >= 4 is 39.6 Å². The molecule has 5 nitrogen and oxygen atoms in total. The van der Waals surface area contributed by atoms with Crippen LogP contribution in [-0.2, 0) is 4.79 Å². The number of aromatic nitrogens is 1. The van der Waals surface area contributed by atoms with E-state index in [2.05, 4.69) is 20.9 Å². The molecule has 0 radical (unpaired) electrons. The Labute approximate surface area is 97.6 Å². The number of hydrogen-bond donors (Lipinski definition) is 2. The van der Waals surface area contributed by atoms with Crippen LogP contribution in [0.25, 0.3) is 0 Å². The fourth-order valence-electron chi connectivity index (χ4n) is 0.793. The monoisotopic (exact) mass is 291 g/mol. The van der Waals surface area contributed by atoms with E-state index in [9.17, 15) is 9.59 Å². The maximum absolute atomic E-state index is 10.6. The van der Waals surface area contributed by atoms with Crippen molar-refractivity contribution in [2.45, 2.75) is 5.03 Å². The number of nitrogens with zero attached hydrogens (tertiary/aromatic N) is 1. The van der Waals surface area contributed by atoms with Gasteiger partial charge in [0.2, 0.25) is 0 Å². The van der Waals surface area contributed by atoms with Gasteiger partial charge in [-0.2, -0.15) is 0 Å². The van der Waals surface area contributed by atoms with Gasteiger partial charge in [0.05, 0.1) is 16.3 Å². The maximum atomic E-state index is 10.6. The van der Waals surface area contributed by atoms with Gasteiger partial charge in [-0.05, 0) is 28.1 Å². The van der Waals surface area contributed by atoms with Gasteiger partial charge >= 0.3 is 11.9 Å². The van der Waals surface area contributed by atoms with Crippen LogP contribution in [-0.4, -0.2) is 32.9 Å². The molecule has 0 atom stereocenters. The minimum absolute atomic E-state index is 0.0506. The molecule has 80 valence electrons. The molecule has 0 aliphatic carbocycles. The van der Waals surface area contributed by atoms with Crippen molar-refractivity contribution in [3.05, 3.63) is 22.3 Å². The third kappa shape index (κ3) is 3.52. The summed E-state index contributed by atoms with van der Waals surface area (Å²) in [6, 6.07) is 2.85. The van der Waals surface area contributed by atoms with Crippen molar-refractivity contribution in [3.63, 3.8) is 0 Å². The van der Waals surface area contributed by atoms with Crippen molar-refractivity contribution in [2.24, 2.45) is 0 Å². The quantitative estimate of drug-likeness (QED) is 0.649. The lowest BCUT2D eigenvalue weighted by Crippen LogP contribution is -2.01. The van der Waals surface area contributed by atoms with Crippen LogP contribution < -0.4 is 0 Å². The van der Waals surface area contributed by atoms with Gasteiger partial charge in [-0.15, -0.1) is 0 Å². The topological polar surface area (TPSA) is 87.5 Å². The summed E-state index contributed by atoms with van der Waals surface area (Å²) < 4.78 is 0.199. The Kier molecular flexibility index (Phi) is 4.10. The fourth-order valence-corrected chi connectivity index (χ4v) is 1.99. The molecule has 1 aromatic heterocycles. The summed E-state index contributed by atoms with van der Waals surface area (Å²) in [5.74, 6) is -2.13. The predicted octanol–water partition coefficient (Wildman–Crippen LogP) is 1.72. The van der Waals surface area contributed by atoms with E-state index in [0.717, 1.165) is 11.8 Å². The van der Waals surface area contributed by atoms with Gasteiger partial charge in [0, 0.05) is 0 Å². The Bertz CT molecular complexity index is 410. The molecule has 7 heteroatoms. The van der Waals surface area contributed by atoms with Crippen molar-refractivity contribution in [1.82, 2.24) is 4.98 Å². The van der Waals surface area contributed by atoms with E-state index in [1.165, 1.54) is 12.1 Å². The molecule has 0 aliphatic rings. The SMILES string of the molecule is O=C(O)CSc1ccc(C(=O)O)c(Br)n1. The molecule has 0 amide bonds. The first kappa shape index (κ1) is 12.0. The first-order chi connectivity index (χ1) is 7.00. The number of carbonyl (C=O) groups is 2. The highest BCUT2D eigenvalue weighted by atomic mass is 79.9. The number of hydrogen-bond acceptors (Lipinski definition) is 4. The summed E-state index contributed by atoms with van der Waals surface area (Å²) in [6.07, 6.45) is 0. The molecule has 0 spiro atoms. The zero-order chi connectivity index (χ0) is 11.4. The molecule has 0 aromatic carbocycles. The lowest BCUT2D eigenvalue weighted by Gasteiger charge is -2.01. The summed E-state index contributed by atoms with van der Waals surface area (Å²) in [5, 5.41) is 17.6. The van der Waals surface area contributed by atoms with Crippen molar-refractivity contribution in [1.29, 1.82) is 0 Å². The van der Waals surface area contributed by atoms with Crippen LogP contribution in [0.3, 0.4) is 0 Å². The Hall–Kier alpha value is -1.08. The van der Waals surface area contributed by atoms with E-state index in [1.54, 1.807) is 0 Å². The van der Waals surface area contributed by atoms with Crippen LogP contribution in [0.15, 0.2) is 21.8 Å². The number of carboxylic acids is 2. The van der Waals surface area contributed by atoms with Crippen molar-refractivity contribution < 1.29 is 19.8 Å². The van der Waals surface area contributed by atoms with E-state index in [-0.39, 0.29) is 15.9 Å². The molecule has 0 aliphatic heterocycles. The van der Waals surface area contributed by atoms with Gasteiger partial charge in [0.15, 0.2) is 0 Å². The highest BCUT2D eigenvalue weighted by molar-refractivity contribution is 9.10. The normalized spacial score (nSPS) is 9.93. The van der Waals surface area contributed by atoms with Gasteiger partial charge in [0.1, 0.15) is 4.60 Å². The van der Waals surface area contributed by atoms with E-state index < -0.39 is 11.9 Å². The van der Waals surface area contributed by atoms with Gasteiger partial charge in [-0.1, -0.05) is 11.8 Å². The van der Waals surface area contributed by atoms with Crippen LogP contribution in [0, 0.1) is 0 Å². The van der Waals surface area contributed by atoms with Gasteiger partial charge < -0.3 is 10.2 Å².